The van der Waals surface area contributed by atoms with E-state index in [1.54, 1.807) is 0 Å². The van der Waals surface area contributed by atoms with Gasteiger partial charge in [-0.3, -0.25) is 0 Å². The lowest BCUT2D eigenvalue weighted by Gasteiger charge is -2.17. The van der Waals surface area contributed by atoms with E-state index in [1.807, 2.05) is 41.9 Å². The average molecular weight is 229 g/mol. The van der Waals surface area contributed by atoms with Gasteiger partial charge in [0.15, 0.2) is 0 Å². The van der Waals surface area contributed by atoms with Crippen LogP contribution in [0.1, 0.15) is 26.6 Å². The van der Waals surface area contributed by atoms with E-state index in [9.17, 15) is 0 Å². The fraction of sp³-hybridized carbons (Fsp3) is 0.357. The van der Waals surface area contributed by atoms with Crippen molar-refractivity contribution in [2.24, 2.45) is 7.05 Å². The van der Waals surface area contributed by atoms with Gasteiger partial charge in [-0.25, -0.2) is 4.98 Å². The fourth-order valence-electron chi connectivity index (χ4n) is 1.99. The van der Waals surface area contributed by atoms with Crippen molar-refractivity contribution in [1.82, 2.24) is 9.55 Å². The topological polar surface area (TPSA) is 43.8 Å². The van der Waals surface area contributed by atoms with Gasteiger partial charge < -0.3 is 10.3 Å². The SMILES string of the molecule is Cn1c(C(C)(C)C)nc(-c2ccccc2)c1N. The lowest BCUT2D eigenvalue weighted by molar-refractivity contribution is 0.524. The summed E-state index contributed by atoms with van der Waals surface area (Å²) >= 11 is 0. The number of rotatable bonds is 1. The molecule has 3 heteroatoms. The number of imidazole rings is 1. The van der Waals surface area contributed by atoms with Gasteiger partial charge in [-0.05, 0) is 0 Å². The van der Waals surface area contributed by atoms with Gasteiger partial charge in [0.2, 0.25) is 0 Å². The van der Waals surface area contributed by atoms with E-state index in [-0.39, 0.29) is 5.41 Å². The van der Waals surface area contributed by atoms with Gasteiger partial charge in [-0.2, -0.15) is 0 Å². The van der Waals surface area contributed by atoms with Gasteiger partial charge in [0.05, 0.1) is 0 Å². The predicted molar refractivity (Wildman–Crippen MR) is 71.8 cm³/mol. The third-order valence-corrected chi connectivity index (χ3v) is 2.86. The van der Waals surface area contributed by atoms with Crippen LogP contribution in [0.25, 0.3) is 11.3 Å². The van der Waals surface area contributed by atoms with Gasteiger partial charge in [0.25, 0.3) is 0 Å². The zero-order valence-corrected chi connectivity index (χ0v) is 10.9. The van der Waals surface area contributed by atoms with E-state index in [0.717, 1.165) is 22.9 Å². The zero-order valence-electron chi connectivity index (χ0n) is 10.9. The summed E-state index contributed by atoms with van der Waals surface area (Å²) in [7, 11) is 1.97. The van der Waals surface area contributed by atoms with Crippen molar-refractivity contribution in [2.45, 2.75) is 26.2 Å². The molecule has 0 aliphatic rings. The molecule has 17 heavy (non-hydrogen) atoms. The summed E-state index contributed by atoms with van der Waals surface area (Å²) < 4.78 is 1.97. The maximum absolute atomic E-state index is 6.13. The second-order valence-electron chi connectivity index (χ2n) is 5.34. The first-order valence-electron chi connectivity index (χ1n) is 5.79. The largest absolute Gasteiger partial charge is 0.383 e. The Morgan fingerprint density at radius 3 is 2.18 bits per heavy atom. The van der Waals surface area contributed by atoms with Crippen LogP contribution in [0.15, 0.2) is 30.3 Å². The Kier molecular flexibility index (Phi) is 2.69. The highest BCUT2D eigenvalue weighted by molar-refractivity contribution is 5.71. The van der Waals surface area contributed by atoms with E-state index < -0.39 is 0 Å². The highest BCUT2D eigenvalue weighted by Crippen LogP contribution is 2.30. The summed E-state index contributed by atoms with van der Waals surface area (Å²) in [4.78, 5) is 4.69. The van der Waals surface area contributed by atoms with Crippen LogP contribution >= 0.6 is 0 Å². The Morgan fingerprint density at radius 1 is 1.12 bits per heavy atom. The Labute approximate surface area is 102 Å². The maximum Gasteiger partial charge on any atom is 0.131 e. The fourth-order valence-corrected chi connectivity index (χ4v) is 1.99. The number of hydrogen-bond donors (Lipinski definition) is 1. The molecular weight excluding hydrogens is 210 g/mol. The first-order chi connectivity index (χ1) is 7.91. The molecule has 90 valence electrons. The normalized spacial score (nSPS) is 11.8. The van der Waals surface area contributed by atoms with Gasteiger partial charge in [0, 0.05) is 18.0 Å². The van der Waals surface area contributed by atoms with E-state index in [4.69, 9.17) is 5.73 Å². The summed E-state index contributed by atoms with van der Waals surface area (Å²) in [6, 6.07) is 10.1. The summed E-state index contributed by atoms with van der Waals surface area (Å²) in [5, 5.41) is 0. The van der Waals surface area contributed by atoms with Crippen molar-refractivity contribution in [3.63, 3.8) is 0 Å². The number of nitrogens with two attached hydrogens (primary N) is 1. The molecule has 0 saturated heterocycles. The van der Waals surface area contributed by atoms with E-state index >= 15 is 0 Å². The molecule has 1 aromatic carbocycles. The van der Waals surface area contributed by atoms with Crippen molar-refractivity contribution in [1.29, 1.82) is 0 Å². The number of nitrogen functional groups attached to an aromatic ring is 1. The van der Waals surface area contributed by atoms with Crippen molar-refractivity contribution in [3.8, 4) is 11.3 Å². The highest BCUT2D eigenvalue weighted by Gasteiger charge is 2.23. The van der Waals surface area contributed by atoms with Gasteiger partial charge in [-0.1, -0.05) is 51.1 Å². The molecule has 0 spiro atoms. The van der Waals surface area contributed by atoms with Crippen LogP contribution < -0.4 is 5.73 Å². The first kappa shape index (κ1) is 11.7. The van der Waals surface area contributed by atoms with Crippen LogP contribution in [0.2, 0.25) is 0 Å². The molecule has 0 fully saturated rings. The summed E-state index contributed by atoms with van der Waals surface area (Å²) in [6.45, 7) is 6.43. The van der Waals surface area contributed by atoms with E-state index in [0.29, 0.717) is 0 Å². The summed E-state index contributed by atoms with van der Waals surface area (Å²) in [5.41, 5.74) is 8.07. The average Bonchev–Trinajstić information content (AvgIpc) is 2.57. The third kappa shape index (κ3) is 2.05. The van der Waals surface area contributed by atoms with Gasteiger partial charge in [0.1, 0.15) is 17.3 Å². The Morgan fingerprint density at radius 2 is 1.71 bits per heavy atom. The van der Waals surface area contributed by atoms with Crippen LogP contribution in [0, 0.1) is 0 Å². The minimum Gasteiger partial charge on any atom is -0.383 e. The molecule has 1 aromatic heterocycles. The molecule has 2 aromatic rings. The minimum atomic E-state index is -0.00407. The molecule has 0 atom stereocenters. The van der Waals surface area contributed by atoms with Crippen LogP contribution in [-0.2, 0) is 12.5 Å². The standard InChI is InChI=1S/C14H19N3/c1-14(2,3)13-16-11(12(15)17(13)4)10-8-6-5-7-9-10/h5-9H,15H2,1-4H3. The van der Waals surface area contributed by atoms with E-state index in [2.05, 4.69) is 25.8 Å². The smallest absolute Gasteiger partial charge is 0.131 e. The Hall–Kier alpha value is -1.77. The Bertz CT molecular complexity index is 518. The van der Waals surface area contributed by atoms with Gasteiger partial charge in [-0.15, -0.1) is 0 Å². The van der Waals surface area contributed by atoms with Crippen molar-refractivity contribution < 1.29 is 0 Å². The molecule has 0 radical (unpaired) electrons. The summed E-state index contributed by atoms with van der Waals surface area (Å²) in [6.07, 6.45) is 0. The number of aromatic nitrogens is 2. The molecule has 0 bridgehead atoms. The lowest BCUT2D eigenvalue weighted by Crippen LogP contribution is -2.17. The van der Waals surface area contributed by atoms with Crippen molar-refractivity contribution in [2.75, 3.05) is 5.73 Å². The first-order valence-corrected chi connectivity index (χ1v) is 5.79. The molecule has 0 unspecified atom stereocenters. The minimum absolute atomic E-state index is 0.00407. The Balaban J connectivity index is 2.59. The molecule has 2 N–H and O–H groups in total. The molecule has 0 saturated carbocycles. The zero-order chi connectivity index (χ0) is 12.6. The van der Waals surface area contributed by atoms with Crippen LogP contribution in [0.5, 0.6) is 0 Å². The van der Waals surface area contributed by atoms with Crippen molar-refractivity contribution >= 4 is 5.82 Å². The molecule has 0 aliphatic heterocycles. The number of nitrogens with zero attached hydrogens (tertiary/aromatic N) is 2. The lowest BCUT2D eigenvalue weighted by atomic mass is 9.96. The van der Waals surface area contributed by atoms with Crippen LogP contribution in [0.3, 0.4) is 0 Å². The van der Waals surface area contributed by atoms with Gasteiger partial charge >= 0.3 is 0 Å². The number of anilines is 1. The predicted octanol–water partition coefficient (Wildman–Crippen LogP) is 2.97. The molecule has 0 aliphatic carbocycles. The molecular formula is C14H19N3. The quantitative estimate of drug-likeness (QED) is 0.817. The third-order valence-electron chi connectivity index (χ3n) is 2.86. The van der Waals surface area contributed by atoms with E-state index in [1.165, 1.54) is 0 Å². The molecule has 0 amide bonds. The van der Waals surface area contributed by atoms with Crippen LogP contribution in [-0.4, -0.2) is 9.55 Å². The molecule has 3 nitrogen and oxygen atoms in total. The summed E-state index contributed by atoms with van der Waals surface area (Å²) in [5.74, 6) is 1.73. The number of benzene rings is 1. The molecule has 2 rings (SSSR count). The second kappa shape index (κ2) is 3.91. The van der Waals surface area contributed by atoms with Crippen molar-refractivity contribution in [3.05, 3.63) is 36.2 Å². The van der Waals surface area contributed by atoms with Crippen LogP contribution in [0.4, 0.5) is 5.82 Å². The number of hydrogen-bond acceptors (Lipinski definition) is 2. The maximum atomic E-state index is 6.13. The monoisotopic (exact) mass is 229 g/mol. The molecule has 1 heterocycles. The second-order valence-corrected chi connectivity index (χ2v) is 5.34. The highest BCUT2D eigenvalue weighted by atomic mass is 15.1.